The van der Waals surface area contributed by atoms with Crippen molar-refractivity contribution in [3.05, 3.63) is 46.7 Å². The maximum Gasteiger partial charge on any atom is 0.435 e. The lowest BCUT2D eigenvalue weighted by molar-refractivity contribution is -0.141. The van der Waals surface area contributed by atoms with Crippen molar-refractivity contribution in [3.8, 4) is 6.19 Å². The summed E-state index contributed by atoms with van der Waals surface area (Å²) in [5.74, 6) is -0.126. The zero-order valence-electron chi connectivity index (χ0n) is 11.3. The number of alkyl halides is 3. The number of aromatic nitrogens is 2. The molecule has 2 rings (SSSR count). The largest absolute Gasteiger partial charge is 0.435 e. The highest BCUT2D eigenvalue weighted by Crippen LogP contribution is 2.35. The molecule has 1 aromatic heterocycles. The van der Waals surface area contributed by atoms with E-state index in [1.807, 2.05) is 0 Å². The Hall–Kier alpha value is -1.85. The van der Waals surface area contributed by atoms with Gasteiger partial charge in [0.05, 0.1) is 0 Å². The van der Waals surface area contributed by atoms with Gasteiger partial charge in [0, 0.05) is 23.3 Å². The average Bonchev–Trinajstić information content (AvgIpc) is 2.76. The molecule has 0 aliphatic heterocycles. The van der Waals surface area contributed by atoms with Crippen molar-refractivity contribution in [2.45, 2.75) is 16.8 Å². The molecule has 0 aliphatic carbocycles. The third-order valence-corrected chi connectivity index (χ3v) is 4.94. The van der Waals surface area contributed by atoms with Crippen molar-refractivity contribution in [2.24, 2.45) is 11.4 Å². The highest BCUT2D eigenvalue weighted by Gasteiger charge is 2.38. The van der Waals surface area contributed by atoms with Gasteiger partial charge in [-0.1, -0.05) is 29.8 Å². The molecule has 0 saturated carbocycles. The Kier molecular flexibility index (Phi) is 4.88. The van der Waals surface area contributed by atoms with Gasteiger partial charge in [-0.2, -0.15) is 23.5 Å². The molecule has 4 nitrogen and oxygen atoms in total. The fourth-order valence-electron chi connectivity index (χ4n) is 1.83. The van der Waals surface area contributed by atoms with E-state index in [9.17, 15) is 13.2 Å². The molecule has 1 aromatic carbocycles. The molecule has 1 atom stereocenters. The van der Waals surface area contributed by atoms with Gasteiger partial charge in [0.2, 0.25) is 6.19 Å². The maximum atomic E-state index is 13.1. The van der Waals surface area contributed by atoms with E-state index in [2.05, 4.69) is 9.46 Å². The standard InChI is InChI=1S/C13H10ClF3N4S/c1-21-12(14)10(11(20-21)13(15,16)17)7-22(19-8-18)9-5-3-2-4-6-9/h2-6H,7H2,1H3. The first-order valence-corrected chi connectivity index (χ1v) is 7.72. The Balaban J connectivity index is 2.49. The lowest BCUT2D eigenvalue weighted by Gasteiger charge is -2.09. The van der Waals surface area contributed by atoms with Crippen molar-refractivity contribution < 1.29 is 13.2 Å². The summed E-state index contributed by atoms with van der Waals surface area (Å²) < 4.78 is 43.9. The topological polar surface area (TPSA) is 54.0 Å². The molecule has 2 aromatic rings. The Morgan fingerprint density at radius 3 is 2.55 bits per heavy atom. The predicted molar refractivity (Wildman–Crippen MR) is 77.0 cm³/mol. The van der Waals surface area contributed by atoms with Crippen molar-refractivity contribution in [1.82, 2.24) is 9.78 Å². The maximum absolute atomic E-state index is 13.1. The monoisotopic (exact) mass is 346 g/mol. The number of nitrogens with zero attached hydrogens (tertiary/aromatic N) is 4. The Labute approximate surface area is 132 Å². The minimum Gasteiger partial charge on any atom is -0.256 e. The molecular weight excluding hydrogens is 337 g/mol. The summed E-state index contributed by atoms with van der Waals surface area (Å²) >= 11 is 5.93. The van der Waals surface area contributed by atoms with E-state index in [1.54, 1.807) is 36.5 Å². The van der Waals surface area contributed by atoms with Gasteiger partial charge in [-0.05, 0) is 22.8 Å². The van der Waals surface area contributed by atoms with Crippen LogP contribution in [0.2, 0.25) is 5.15 Å². The number of halogens is 4. The zero-order chi connectivity index (χ0) is 16.3. The lowest BCUT2D eigenvalue weighted by atomic mass is 10.3. The first-order chi connectivity index (χ1) is 10.3. The van der Waals surface area contributed by atoms with Gasteiger partial charge in [-0.3, -0.25) is 4.68 Å². The minimum atomic E-state index is -4.61. The number of nitriles is 1. The van der Waals surface area contributed by atoms with Crippen LogP contribution in [0.4, 0.5) is 13.2 Å². The van der Waals surface area contributed by atoms with Crippen molar-refractivity contribution in [1.29, 1.82) is 5.26 Å². The second-order valence-corrected chi connectivity index (χ2v) is 6.28. The summed E-state index contributed by atoms with van der Waals surface area (Å²) in [6.45, 7) is 0. The third kappa shape index (κ3) is 3.48. The van der Waals surface area contributed by atoms with E-state index < -0.39 is 22.6 Å². The predicted octanol–water partition coefficient (Wildman–Crippen LogP) is 3.93. The van der Waals surface area contributed by atoms with Gasteiger partial charge < -0.3 is 0 Å². The summed E-state index contributed by atoms with van der Waals surface area (Å²) in [6, 6.07) is 8.66. The molecule has 0 bridgehead atoms. The van der Waals surface area contributed by atoms with Crippen LogP contribution in [0.1, 0.15) is 11.3 Å². The van der Waals surface area contributed by atoms with Crippen LogP contribution >= 0.6 is 11.6 Å². The highest BCUT2D eigenvalue weighted by molar-refractivity contribution is 7.86. The molecule has 22 heavy (non-hydrogen) atoms. The van der Waals surface area contributed by atoms with Gasteiger partial charge in [-0.25, -0.2) is 0 Å². The van der Waals surface area contributed by atoms with Gasteiger partial charge in [0.25, 0.3) is 0 Å². The number of aryl methyl sites for hydroxylation is 1. The van der Waals surface area contributed by atoms with E-state index in [-0.39, 0.29) is 16.5 Å². The van der Waals surface area contributed by atoms with Gasteiger partial charge in [0.15, 0.2) is 5.69 Å². The van der Waals surface area contributed by atoms with Gasteiger partial charge in [-0.15, -0.1) is 4.36 Å². The van der Waals surface area contributed by atoms with E-state index >= 15 is 0 Å². The SMILES string of the molecule is Cn1nc(C(F)(F)F)c(CS(=NC#N)c2ccccc2)c1Cl. The van der Waals surface area contributed by atoms with E-state index in [1.165, 1.54) is 7.05 Å². The van der Waals surface area contributed by atoms with E-state index in [0.717, 1.165) is 4.68 Å². The smallest absolute Gasteiger partial charge is 0.256 e. The molecule has 1 unspecified atom stereocenters. The summed E-state index contributed by atoms with van der Waals surface area (Å²) in [6.07, 6.45) is -2.96. The normalized spacial score (nSPS) is 13.1. The van der Waals surface area contributed by atoms with Crippen LogP contribution in [-0.2, 0) is 29.7 Å². The molecule has 0 amide bonds. The molecule has 0 N–H and O–H groups in total. The number of rotatable bonds is 3. The molecule has 1 heterocycles. The quantitative estimate of drug-likeness (QED) is 0.790. The van der Waals surface area contributed by atoms with E-state index in [4.69, 9.17) is 16.9 Å². The van der Waals surface area contributed by atoms with Crippen LogP contribution in [-0.4, -0.2) is 9.78 Å². The van der Waals surface area contributed by atoms with Gasteiger partial charge >= 0.3 is 6.18 Å². The van der Waals surface area contributed by atoms with Crippen LogP contribution in [0.25, 0.3) is 0 Å². The summed E-state index contributed by atoms with van der Waals surface area (Å²) in [4.78, 5) is 0.664. The van der Waals surface area contributed by atoms with Crippen LogP contribution in [0.3, 0.4) is 0 Å². The van der Waals surface area contributed by atoms with Crippen LogP contribution in [0, 0.1) is 11.5 Å². The summed E-state index contributed by atoms with van der Waals surface area (Å²) in [5, 5.41) is 12.1. The average molecular weight is 347 g/mol. The second-order valence-electron chi connectivity index (χ2n) is 4.25. The van der Waals surface area contributed by atoms with Crippen molar-refractivity contribution in [2.75, 3.05) is 0 Å². The minimum absolute atomic E-state index is 0.103. The fraction of sp³-hybridized carbons (Fsp3) is 0.231. The molecule has 0 radical (unpaired) electrons. The molecule has 0 saturated heterocycles. The zero-order valence-corrected chi connectivity index (χ0v) is 12.9. The Morgan fingerprint density at radius 1 is 1.36 bits per heavy atom. The Bertz CT molecular complexity index is 747. The molecule has 116 valence electrons. The fourth-order valence-corrected chi connectivity index (χ4v) is 3.56. The first kappa shape index (κ1) is 16.5. The number of hydrogen-bond acceptors (Lipinski definition) is 3. The lowest BCUT2D eigenvalue weighted by Crippen LogP contribution is -2.10. The first-order valence-electron chi connectivity index (χ1n) is 5.99. The number of hydrogen-bond donors (Lipinski definition) is 0. The van der Waals surface area contributed by atoms with E-state index in [0.29, 0.717) is 4.90 Å². The molecule has 0 fully saturated rings. The van der Waals surface area contributed by atoms with Crippen LogP contribution in [0.15, 0.2) is 39.6 Å². The summed E-state index contributed by atoms with van der Waals surface area (Å²) in [5.41, 5.74) is -1.19. The molecular formula is C13H10ClF3N4S. The second kappa shape index (κ2) is 6.50. The van der Waals surface area contributed by atoms with Crippen molar-refractivity contribution in [3.63, 3.8) is 0 Å². The van der Waals surface area contributed by atoms with Crippen LogP contribution in [0.5, 0.6) is 0 Å². The summed E-state index contributed by atoms with van der Waals surface area (Å²) in [7, 11) is 0.282. The third-order valence-electron chi connectivity index (χ3n) is 2.78. The molecule has 0 spiro atoms. The Morgan fingerprint density at radius 2 is 2.00 bits per heavy atom. The van der Waals surface area contributed by atoms with Crippen molar-refractivity contribution >= 4 is 22.3 Å². The highest BCUT2D eigenvalue weighted by atomic mass is 35.5. The van der Waals surface area contributed by atoms with Gasteiger partial charge in [0.1, 0.15) is 5.15 Å². The molecule has 9 heteroatoms. The molecule has 0 aliphatic rings. The van der Waals surface area contributed by atoms with Crippen LogP contribution < -0.4 is 0 Å². The number of benzene rings is 1.